The first-order chi connectivity index (χ1) is 17.3. The lowest BCUT2D eigenvalue weighted by Gasteiger charge is -2.39. The number of benzene rings is 2. The van der Waals surface area contributed by atoms with Crippen LogP contribution in [0.15, 0.2) is 59.5 Å². The Morgan fingerprint density at radius 1 is 0.944 bits per heavy atom. The number of hydrogen-bond acceptors (Lipinski definition) is 5. The van der Waals surface area contributed by atoms with Gasteiger partial charge in [0.1, 0.15) is 0 Å². The molecule has 1 saturated heterocycles. The number of piperidine rings is 1. The van der Waals surface area contributed by atoms with Crippen molar-refractivity contribution in [3.8, 4) is 0 Å². The van der Waals surface area contributed by atoms with E-state index in [-0.39, 0.29) is 35.1 Å². The summed E-state index contributed by atoms with van der Waals surface area (Å²) < 4.78 is 23.4. The molecule has 0 aromatic heterocycles. The molecule has 0 spiro atoms. The summed E-state index contributed by atoms with van der Waals surface area (Å²) in [6.45, 7) is 5.98. The molecule has 2 aromatic rings. The fourth-order valence-corrected chi connectivity index (χ4v) is 5.62. The summed E-state index contributed by atoms with van der Waals surface area (Å²) in [7, 11) is -3.25. The third-order valence-electron chi connectivity index (χ3n) is 7.27. The van der Waals surface area contributed by atoms with Gasteiger partial charge in [-0.25, -0.2) is 8.42 Å². The first kappa shape index (κ1) is 26.4. The number of amides is 2. The average molecular weight is 512 g/mol. The van der Waals surface area contributed by atoms with Gasteiger partial charge in [0.25, 0.3) is 0 Å². The molecule has 0 unspecified atom stereocenters. The molecule has 2 fully saturated rings. The predicted molar refractivity (Wildman–Crippen MR) is 142 cm³/mol. The zero-order chi connectivity index (χ0) is 25.7. The van der Waals surface area contributed by atoms with Gasteiger partial charge in [-0.3, -0.25) is 9.59 Å². The van der Waals surface area contributed by atoms with Crippen LogP contribution in [-0.2, 0) is 25.8 Å². The van der Waals surface area contributed by atoms with Gasteiger partial charge in [0, 0.05) is 56.6 Å². The molecule has 1 saturated carbocycles. The summed E-state index contributed by atoms with van der Waals surface area (Å²) in [5.41, 5.74) is 1.79. The van der Waals surface area contributed by atoms with E-state index >= 15 is 0 Å². The van der Waals surface area contributed by atoms with Gasteiger partial charge in [0.2, 0.25) is 11.8 Å². The molecule has 0 atom stereocenters. The van der Waals surface area contributed by atoms with E-state index in [1.54, 1.807) is 24.3 Å². The van der Waals surface area contributed by atoms with Crippen LogP contribution >= 0.6 is 0 Å². The van der Waals surface area contributed by atoms with Gasteiger partial charge in [-0.15, -0.1) is 0 Å². The second-order valence-corrected chi connectivity index (χ2v) is 12.0. The van der Waals surface area contributed by atoms with Gasteiger partial charge in [0.05, 0.1) is 11.3 Å². The highest BCUT2D eigenvalue weighted by atomic mass is 32.2. The minimum Gasteiger partial charge on any atom is -0.340 e. The number of sulfone groups is 1. The van der Waals surface area contributed by atoms with Gasteiger partial charge >= 0.3 is 0 Å². The number of rotatable bonds is 10. The molecular weight excluding hydrogens is 474 g/mol. The van der Waals surface area contributed by atoms with Gasteiger partial charge in [-0.05, 0) is 62.4 Å². The maximum absolute atomic E-state index is 13.1. The van der Waals surface area contributed by atoms with Gasteiger partial charge in [-0.1, -0.05) is 30.3 Å². The Bertz CT molecular complexity index is 1140. The molecule has 4 rings (SSSR count). The lowest BCUT2D eigenvalue weighted by Crippen LogP contribution is -2.49. The molecular formula is C28H37N3O4S. The second kappa shape index (κ2) is 11.6. The van der Waals surface area contributed by atoms with Crippen molar-refractivity contribution < 1.29 is 18.0 Å². The molecule has 36 heavy (non-hydrogen) atoms. The number of carbonyl (C=O) groups excluding carboxylic acids is 2. The minimum absolute atomic E-state index is 0.0772. The van der Waals surface area contributed by atoms with E-state index in [9.17, 15) is 18.0 Å². The van der Waals surface area contributed by atoms with Crippen LogP contribution in [0.1, 0.15) is 38.2 Å². The van der Waals surface area contributed by atoms with E-state index in [4.69, 9.17) is 0 Å². The Balaban J connectivity index is 1.29. The van der Waals surface area contributed by atoms with Gasteiger partial charge < -0.3 is 14.7 Å². The fraction of sp³-hybridized carbons (Fsp3) is 0.500. The summed E-state index contributed by atoms with van der Waals surface area (Å²) in [6, 6.07) is 16.7. The van der Waals surface area contributed by atoms with E-state index in [0.717, 1.165) is 56.6 Å². The third-order valence-corrected chi connectivity index (χ3v) is 8.39. The first-order valence-corrected chi connectivity index (χ1v) is 14.8. The monoisotopic (exact) mass is 511 g/mol. The van der Waals surface area contributed by atoms with Crippen LogP contribution in [0, 0.1) is 5.92 Å². The van der Waals surface area contributed by atoms with E-state index in [1.807, 2.05) is 47.1 Å². The summed E-state index contributed by atoms with van der Waals surface area (Å²) in [5.74, 6) is 0.499. The second-order valence-electron chi connectivity index (χ2n) is 9.95. The predicted octanol–water partition coefficient (Wildman–Crippen LogP) is 3.39. The highest BCUT2D eigenvalue weighted by Gasteiger charge is 2.34. The highest BCUT2D eigenvalue weighted by Crippen LogP contribution is 2.32. The minimum atomic E-state index is -3.25. The Morgan fingerprint density at radius 2 is 1.58 bits per heavy atom. The van der Waals surface area contributed by atoms with E-state index in [0.29, 0.717) is 13.1 Å². The maximum atomic E-state index is 13.1. The Labute approximate surface area is 215 Å². The lowest BCUT2D eigenvalue weighted by molar-refractivity contribution is -0.133. The van der Waals surface area contributed by atoms with Crippen molar-refractivity contribution in [1.29, 1.82) is 0 Å². The molecule has 1 aliphatic carbocycles. The fourth-order valence-electron chi connectivity index (χ4n) is 4.99. The van der Waals surface area contributed by atoms with Crippen molar-refractivity contribution in [3.05, 3.63) is 60.2 Å². The summed E-state index contributed by atoms with van der Waals surface area (Å²) in [5, 5.41) is 0. The maximum Gasteiger partial charge on any atom is 0.230 e. The van der Waals surface area contributed by atoms with Crippen molar-refractivity contribution in [1.82, 2.24) is 9.80 Å². The molecule has 1 aliphatic heterocycles. The van der Waals surface area contributed by atoms with E-state index < -0.39 is 9.84 Å². The van der Waals surface area contributed by atoms with Crippen LogP contribution in [0.25, 0.3) is 0 Å². The largest absolute Gasteiger partial charge is 0.340 e. The van der Waals surface area contributed by atoms with Crippen molar-refractivity contribution >= 4 is 27.3 Å². The number of likely N-dealkylation sites (tertiary alicyclic amines) is 1. The smallest absolute Gasteiger partial charge is 0.230 e. The Kier molecular flexibility index (Phi) is 8.46. The standard InChI is InChI=1S/C28H37N3O4S/c1-3-30(27(32)21-22-9-13-26(14-10-22)36(2,34)35)25-15-17-29(18-16-25)19-20-31(28(33)23-11-12-23)24-7-5-4-6-8-24/h4-10,13-14,23,25H,3,11-12,15-21H2,1-2H3. The molecule has 2 amide bonds. The topological polar surface area (TPSA) is 78.0 Å². The highest BCUT2D eigenvalue weighted by molar-refractivity contribution is 7.90. The molecule has 0 radical (unpaired) electrons. The van der Waals surface area contributed by atoms with Crippen LogP contribution < -0.4 is 4.90 Å². The molecule has 0 bridgehead atoms. The normalized spacial score (nSPS) is 17.1. The Hall–Kier alpha value is -2.71. The number of anilines is 1. The molecule has 1 heterocycles. The first-order valence-electron chi connectivity index (χ1n) is 12.9. The van der Waals surface area contributed by atoms with Crippen molar-refractivity contribution in [2.75, 3.05) is 43.9 Å². The number of carbonyl (C=O) groups is 2. The zero-order valence-electron chi connectivity index (χ0n) is 21.3. The molecule has 8 heteroatoms. The van der Waals surface area contributed by atoms with E-state index in [2.05, 4.69) is 4.90 Å². The SMILES string of the molecule is CCN(C(=O)Cc1ccc(S(C)(=O)=O)cc1)C1CCN(CCN(C(=O)C2CC2)c2ccccc2)CC1. The molecule has 2 aromatic carbocycles. The molecule has 2 aliphatic rings. The van der Waals surface area contributed by atoms with Crippen LogP contribution in [-0.4, -0.2) is 75.1 Å². The molecule has 0 N–H and O–H groups in total. The van der Waals surface area contributed by atoms with Gasteiger partial charge in [-0.2, -0.15) is 0 Å². The molecule has 194 valence electrons. The van der Waals surface area contributed by atoms with Crippen LogP contribution in [0.4, 0.5) is 5.69 Å². The van der Waals surface area contributed by atoms with Gasteiger partial charge in [0.15, 0.2) is 9.84 Å². The van der Waals surface area contributed by atoms with Crippen LogP contribution in [0.3, 0.4) is 0 Å². The summed E-state index contributed by atoms with van der Waals surface area (Å²) in [6.07, 6.45) is 5.27. The number of nitrogens with zero attached hydrogens (tertiary/aromatic N) is 3. The number of likely N-dealkylation sites (N-methyl/N-ethyl adjacent to an activating group) is 1. The van der Waals surface area contributed by atoms with E-state index in [1.165, 1.54) is 6.26 Å². The summed E-state index contributed by atoms with van der Waals surface area (Å²) >= 11 is 0. The lowest BCUT2D eigenvalue weighted by atomic mass is 10.0. The van der Waals surface area contributed by atoms with Crippen LogP contribution in [0.2, 0.25) is 0 Å². The average Bonchev–Trinajstić information content (AvgIpc) is 3.71. The Morgan fingerprint density at radius 3 is 2.14 bits per heavy atom. The van der Waals surface area contributed by atoms with Crippen molar-refractivity contribution in [2.45, 2.75) is 50.0 Å². The van der Waals surface area contributed by atoms with Crippen LogP contribution in [0.5, 0.6) is 0 Å². The van der Waals surface area contributed by atoms with Crippen molar-refractivity contribution in [2.24, 2.45) is 5.92 Å². The summed E-state index contributed by atoms with van der Waals surface area (Å²) in [4.78, 5) is 32.5. The quantitative estimate of drug-likeness (QED) is 0.489. The number of para-hydroxylation sites is 1. The molecule has 7 nitrogen and oxygen atoms in total. The number of hydrogen-bond donors (Lipinski definition) is 0. The van der Waals surface area contributed by atoms with Crippen molar-refractivity contribution in [3.63, 3.8) is 0 Å². The third kappa shape index (κ3) is 6.73. The zero-order valence-corrected chi connectivity index (χ0v) is 22.1.